The summed E-state index contributed by atoms with van der Waals surface area (Å²) in [5, 5.41) is 8.61. The number of carbonyl (C=O) groups is 2. The molecule has 7 heteroatoms. The van der Waals surface area contributed by atoms with E-state index in [0.717, 1.165) is 19.4 Å². The van der Waals surface area contributed by atoms with Gasteiger partial charge in [0.25, 0.3) is 0 Å². The number of hydrogen-bond acceptors (Lipinski definition) is 5. The van der Waals surface area contributed by atoms with E-state index >= 15 is 0 Å². The lowest BCUT2D eigenvalue weighted by molar-refractivity contribution is 0.0517. The summed E-state index contributed by atoms with van der Waals surface area (Å²) in [6.07, 6.45) is 1.02. The number of nitrogens with one attached hydrogen (secondary N) is 3. The molecule has 0 aromatic heterocycles. The van der Waals surface area contributed by atoms with Crippen molar-refractivity contribution in [3.05, 3.63) is 0 Å². The molecule has 7 nitrogen and oxygen atoms in total. The fraction of sp³-hybridized carbons (Fsp3) is 0.875. The Balaban J connectivity index is 3.41. The maximum absolute atomic E-state index is 11.4. The summed E-state index contributed by atoms with van der Waals surface area (Å²) >= 11 is 0. The first-order valence-electron chi connectivity index (χ1n) is 8.14. The van der Waals surface area contributed by atoms with Crippen LogP contribution in [0, 0.1) is 0 Å². The molecule has 0 unspecified atom stereocenters. The topological polar surface area (TPSA) is 88.7 Å². The summed E-state index contributed by atoms with van der Waals surface area (Å²) in [5.41, 5.74) is -0.939. The smallest absolute Gasteiger partial charge is 0.407 e. The summed E-state index contributed by atoms with van der Waals surface area (Å²) in [6.45, 7) is 13.6. The zero-order valence-electron chi connectivity index (χ0n) is 15.4. The van der Waals surface area contributed by atoms with Gasteiger partial charge in [-0.15, -0.1) is 0 Å². The Bertz CT molecular complexity index is 325. The van der Waals surface area contributed by atoms with Crippen LogP contribution >= 0.6 is 0 Å². The molecule has 0 bridgehead atoms. The summed E-state index contributed by atoms with van der Waals surface area (Å²) in [5.74, 6) is 0. The Morgan fingerprint density at radius 3 is 1.61 bits per heavy atom. The highest BCUT2D eigenvalue weighted by Crippen LogP contribution is 2.06. The molecule has 0 aliphatic carbocycles. The van der Waals surface area contributed by atoms with Gasteiger partial charge < -0.3 is 25.4 Å². The Labute approximate surface area is 139 Å². The molecule has 0 aliphatic rings. The van der Waals surface area contributed by atoms with Crippen molar-refractivity contribution in [3.8, 4) is 0 Å². The van der Waals surface area contributed by atoms with Crippen LogP contribution in [0.1, 0.15) is 54.4 Å². The van der Waals surface area contributed by atoms with Crippen LogP contribution in [0.3, 0.4) is 0 Å². The summed E-state index contributed by atoms with van der Waals surface area (Å²) in [4.78, 5) is 22.8. The first-order chi connectivity index (χ1) is 10.5. The molecule has 23 heavy (non-hydrogen) atoms. The number of carbonyl (C=O) groups excluding carboxylic acids is 2. The highest BCUT2D eigenvalue weighted by molar-refractivity contribution is 5.67. The molecule has 0 radical (unpaired) electrons. The minimum atomic E-state index is -0.474. The number of ether oxygens (including phenoxy) is 2. The van der Waals surface area contributed by atoms with Gasteiger partial charge in [0.05, 0.1) is 0 Å². The predicted molar refractivity (Wildman–Crippen MR) is 90.6 cm³/mol. The monoisotopic (exact) mass is 331 g/mol. The second-order valence-electron chi connectivity index (χ2n) is 7.31. The zero-order valence-corrected chi connectivity index (χ0v) is 15.4. The molecular weight excluding hydrogens is 298 g/mol. The van der Waals surface area contributed by atoms with E-state index < -0.39 is 17.3 Å². The average Bonchev–Trinajstić information content (AvgIpc) is 2.32. The van der Waals surface area contributed by atoms with Crippen LogP contribution in [0.15, 0.2) is 0 Å². The number of rotatable bonds is 8. The van der Waals surface area contributed by atoms with Crippen molar-refractivity contribution in [2.45, 2.75) is 65.6 Å². The van der Waals surface area contributed by atoms with E-state index in [1.807, 2.05) is 41.5 Å². The van der Waals surface area contributed by atoms with Gasteiger partial charge in [-0.2, -0.15) is 0 Å². The lowest BCUT2D eigenvalue weighted by Gasteiger charge is -2.19. The molecule has 0 spiro atoms. The standard InChI is InChI=1S/C16H33N3O4/c1-15(2,3)22-13(20)18-10-8-7-9-17-11-12-19-14(21)23-16(4,5)6/h17H,7-12H2,1-6H3,(H,18,20)(H,19,21). The maximum Gasteiger partial charge on any atom is 0.407 e. The Kier molecular flexibility index (Phi) is 9.64. The van der Waals surface area contributed by atoms with Crippen LogP contribution in [0.4, 0.5) is 9.59 Å². The van der Waals surface area contributed by atoms with Gasteiger partial charge in [-0.25, -0.2) is 9.59 Å². The van der Waals surface area contributed by atoms with Gasteiger partial charge >= 0.3 is 12.2 Å². The first kappa shape index (κ1) is 21.5. The second-order valence-corrected chi connectivity index (χ2v) is 7.31. The molecule has 0 aromatic rings. The van der Waals surface area contributed by atoms with Gasteiger partial charge in [0.1, 0.15) is 11.2 Å². The predicted octanol–water partition coefficient (Wildman–Crippen LogP) is 2.41. The van der Waals surface area contributed by atoms with Gasteiger partial charge in [0.15, 0.2) is 0 Å². The third-order valence-corrected chi connectivity index (χ3v) is 2.42. The molecule has 0 saturated carbocycles. The molecule has 0 aliphatic heterocycles. The molecule has 136 valence electrons. The molecule has 3 N–H and O–H groups in total. The minimum Gasteiger partial charge on any atom is -0.444 e. The van der Waals surface area contributed by atoms with Crippen molar-refractivity contribution in [2.24, 2.45) is 0 Å². The van der Waals surface area contributed by atoms with E-state index in [9.17, 15) is 9.59 Å². The van der Waals surface area contributed by atoms with Crippen LogP contribution in [0.2, 0.25) is 0 Å². The Hall–Kier alpha value is -1.50. The first-order valence-corrected chi connectivity index (χ1v) is 8.14. The van der Waals surface area contributed by atoms with Crippen LogP contribution in [0.5, 0.6) is 0 Å². The Morgan fingerprint density at radius 2 is 1.13 bits per heavy atom. The Morgan fingerprint density at radius 1 is 0.696 bits per heavy atom. The van der Waals surface area contributed by atoms with Gasteiger partial charge in [-0.05, 0) is 60.9 Å². The number of alkyl carbamates (subject to hydrolysis) is 2. The third kappa shape index (κ3) is 16.7. The molecule has 0 rings (SSSR count). The molecule has 0 heterocycles. The molecule has 2 amide bonds. The SMILES string of the molecule is CC(C)(C)OC(=O)NCCCCNCCNC(=O)OC(C)(C)C. The van der Waals surface area contributed by atoms with Gasteiger partial charge in [0, 0.05) is 19.6 Å². The lowest BCUT2D eigenvalue weighted by atomic mass is 10.2. The van der Waals surface area contributed by atoms with Crippen LogP contribution in [0.25, 0.3) is 0 Å². The fourth-order valence-electron chi connectivity index (χ4n) is 1.57. The van der Waals surface area contributed by atoms with Crippen molar-refractivity contribution >= 4 is 12.2 Å². The maximum atomic E-state index is 11.4. The van der Waals surface area contributed by atoms with E-state index in [1.165, 1.54) is 0 Å². The number of amides is 2. The summed E-state index contributed by atoms with van der Waals surface area (Å²) in [6, 6.07) is 0. The van der Waals surface area contributed by atoms with E-state index in [2.05, 4.69) is 16.0 Å². The summed E-state index contributed by atoms with van der Waals surface area (Å²) < 4.78 is 10.3. The van der Waals surface area contributed by atoms with Crippen molar-refractivity contribution in [3.63, 3.8) is 0 Å². The van der Waals surface area contributed by atoms with Gasteiger partial charge in [-0.3, -0.25) is 0 Å². The van der Waals surface area contributed by atoms with Crippen molar-refractivity contribution < 1.29 is 19.1 Å². The van der Waals surface area contributed by atoms with Crippen molar-refractivity contribution in [2.75, 3.05) is 26.2 Å². The molecule has 0 saturated heterocycles. The lowest BCUT2D eigenvalue weighted by Crippen LogP contribution is -2.36. The highest BCUT2D eigenvalue weighted by atomic mass is 16.6. The third-order valence-electron chi connectivity index (χ3n) is 2.42. The number of unbranched alkanes of at least 4 members (excludes halogenated alkanes) is 1. The zero-order chi connectivity index (χ0) is 17.9. The average molecular weight is 331 g/mol. The quantitative estimate of drug-likeness (QED) is 0.594. The van der Waals surface area contributed by atoms with Gasteiger partial charge in [-0.1, -0.05) is 0 Å². The largest absolute Gasteiger partial charge is 0.444 e. The van der Waals surface area contributed by atoms with Crippen LogP contribution < -0.4 is 16.0 Å². The fourth-order valence-corrected chi connectivity index (χ4v) is 1.57. The molecular formula is C16H33N3O4. The van der Waals surface area contributed by atoms with Crippen molar-refractivity contribution in [1.82, 2.24) is 16.0 Å². The minimum absolute atomic E-state index is 0.382. The highest BCUT2D eigenvalue weighted by Gasteiger charge is 2.16. The van der Waals surface area contributed by atoms with Crippen LogP contribution in [-0.4, -0.2) is 49.6 Å². The number of hydrogen-bond donors (Lipinski definition) is 3. The van der Waals surface area contributed by atoms with E-state index in [4.69, 9.17) is 9.47 Å². The van der Waals surface area contributed by atoms with E-state index in [0.29, 0.717) is 19.6 Å². The normalized spacial score (nSPS) is 11.7. The van der Waals surface area contributed by atoms with Gasteiger partial charge in [0.2, 0.25) is 0 Å². The second kappa shape index (κ2) is 10.3. The van der Waals surface area contributed by atoms with Crippen LogP contribution in [-0.2, 0) is 9.47 Å². The van der Waals surface area contributed by atoms with E-state index in [-0.39, 0.29) is 6.09 Å². The van der Waals surface area contributed by atoms with E-state index in [1.54, 1.807) is 0 Å². The molecule has 0 fully saturated rings. The summed E-state index contributed by atoms with van der Waals surface area (Å²) in [7, 11) is 0. The molecule has 0 atom stereocenters. The molecule has 0 aromatic carbocycles. The van der Waals surface area contributed by atoms with Crippen molar-refractivity contribution in [1.29, 1.82) is 0 Å².